The first-order valence-electron chi connectivity index (χ1n) is 10.6. The molecule has 0 N–H and O–H groups in total. The van der Waals surface area contributed by atoms with Crippen LogP contribution in [0.5, 0.6) is 17.2 Å². The Hall–Kier alpha value is -3.14. The average molecular weight is 423 g/mol. The van der Waals surface area contributed by atoms with Crippen molar-refractivity contribution in [2.45, 2.75) is 33.1 Å². The Morgan fingerprint density at radius 1 is 0.935 bits per heavy atom. The van der Waals surface area contributed by atoms with Crippen LogP contribution in [-0.4, -0.2) is 6.61 Å². The van der Waals surface area contributed by atoms with E-state index in [-0.39, 0.29) is 23.4 Å². The Kier molecular flexibility index (Phi) is 7.82. The Labute approximate surface area is 183 Å². The molecule has 3 aromatic rings. The van der Waals surface area contributed by atoms with Crippen molar-refractivity contribution >= 4 is 0 Å². The van der Waals surface area contributed by atoms with Crippen molar-refractivity contribution in [3.8, 4) is 17.2 Å². The number of para-hydroxylation sites is 1. The molecule has 3 rings (SSSR count). The van der Waals surface area contributed by atoms with Gasteiger partial charge in [0.1, 0.15) is 17.3 Å². The standard InChI is InChI=1S/C27H28F2O2/c1-4-30-22-14-12-21(13-15-22)27(19(2)3)25(29)17-11-20-10-16-24(28)26(18-20)31-23-8-6-5-7-9-23/h5-10,12-19,27H,4,11H2,1-3H3. The van der Waals surface area contributed by atoms with E-state index in [2.05, 4.69) is 0 Å². The molecule has 0 aliphatic rings. The summed E-state index contributed by atoms with van der Waals surface area (Å²) in [4.78, 5) is 0. The van der Waals surface area contributed by atoms with E-state index in [1.54, 1.807) is 30.3 Å². The minimum Gasteiger partial charge on any atom is -0.494 e. The summed E-state index contributed by atoms with van der Waals surface area (Å²) in [7, 11) is 0. The summed E-state index contributed by atoms with van der Waals surface area (Å²) in [5.74, 6) is 0.534. The summed E-state index contributed by atoms with van der Waals surface area (Å²) in [6.45, 7) is 6.52. The molecule has 0 aliphatic carbocycles. The minimum absolute atomic E-state index is 0.0828. The zero-order valence-electron chi connectivity index (χ0n) is 18.1. The number of halogens is 2. The third kappa shape index (κ3) is 6.17. The Morgan fingerprint density at radius 2 is 1.65 bits per heavy atom. The first-order chi connectivity index (χ1) is 15.0. The summed E-state index contributed by atoms with van der Waals surface area (Å²) in [5.41, 5.74) is 1.68. The fourth-order valence-electron chi connectivity index (χ4n) is 3.51. The van der Waals surface area contributed by atoms with Crippen LogP contribution in [0.2, 0.25) is 0 Å². The highest BCUT2D eigenvalue weighted by molar-refractivity contribution is 5.37. The van der Waals surface area contributed by atoms with Crippen molar-refractivity contribution in [2.24, 2.45) is 5.92 Å². The number of hydrogen-bond donors (Lipinski definition) is 0. The highest BCUT2D eigenvalue weighted by Gasteiger charge is 2.21. The van der Waals surface area contributed by atoms with Crippen molar-refractivity contribution in [1.29, 1.82) is 0 Å². The molecule has 0 spiro atoms. The van der Waals surface area contributed by atoms with Crippen LogP contribution in [0.4, 0.5) is 8.78 Å². The largest absolute Gasteiger partial charge is 0.494 e. The van der Waals surface area contributed by atoms with E-state index in [1.807, 2.05) is 63.2 Å². The summed E-state index contributed by atoms with van der Waals surface area (Å²) in [6.07, 6.45) is 1.91. The quantitative estimate of drug-likeness (QED) is 0.349. The molecule has 3 aromatic carbocycles. The highest BCUT2D eigenvalue weighted by Crippen LogP contribution is 2.34. The van der Waals surface area contributed by atoms with Crippen LogP contribution in [-0.2, 0) is 6.42 Å². The predicted molar refractivity (Wildman–Crippen MR) is 121 cm³/mol. The van der Waals surface area contributed by atoms with Crippen LogP contribution < -0.4 is 9.47 Å². The second-order valence-corrected chi connectivity index (χ2v) is 7.70. The third-order valence-corrected chi connectivity index (χ3v) is 5.01. The molecular weight excluding hydrogens is 394 g/mol. The Balaban J connectivity index is 1.76. The molecule has 0 saturated heterocycles. The molecule has 31 heavy (non-hydrogen) atoms. The van der Waals surface area contributed by atoms with E-state index < -0.39 is 5.82 Å². The monoisotopic (exact) mass is 422 g/mol. The zero-order valence-corrected chi connectivity index (χ0v) is 18.1. The molecule has 1 atom stereocenters. The molecule has 0 fully saturated rings. The maximum absolute atomic E-state index is 15.2. The van der Waals surface area contributed by atoms with Gasteiger partial charge in [0.25, 0.3) is 0 Å². The van der Waals surface area contributed by atoms with Crippen LogP contribution in [0.1, 0.15) is 37.8 Å². The molecule has 0 radical (unpaired) electrons. The minimum atomic E-state index is -0.452. The summed E-state index contributed by atoms with van der Waals surface area (Å²) in [6, 6.07) is 21.2. The Morgan fingerprint density at radius 3 is 2.29 bits per heavy atom. The van der Waals surface area contributed by atoms with Crippen LogP contribution in [0.15, 0.2) is 84.7 Å². The van der Waals surface area contributed by atoms with Gasteiger partial charge in [0, 0.05) is 5.92 Å². The van der Waals surface area contributed by atoms with Crippen molar-refractivity contribution in [3.05, 3.63) is 102 Å². The van der Waals surface area contributed by atoms with Crippen LogP contribution in [0, 0.1) is 11.7 Å². The second-order valence-electron chi connectivity index (χ2n) is 7.70. The fraction of sp³-hybridized carbons (Fsp3) is 0.259. The van der Waals surface area contributed by atoms with Gasteiger partial charge in [0.2, 0.25) is 0 Å². The number of ether oxygens (including phenoxy) is 2. The van der Waals surface area contributed by atoms with E-state index in [1.165, 1.54) is 6.07 Å². The molecule has 4 heteroatoms. The number of benzene rings is 3. The van der Waals surface area contributed by atoms with Crippen molar-refractivity contribution in [3.63, 3.8) is 0 Å². The molecule has 0 amide bonds. The van der Waals surface area contributed by atoms with E-state index >= 15 is 4.39 Å². The molecule has 0 aliphatic heterocycles. The Bertz CT molecular complexity index is 996. The number of allylic oxidation sites excluding steroid dienone is 2. The normalized spacial score (nSPS) is 12.6. The van der Waals surface area contributed by atoms with Gasteiger partial charge in [-0.25, -0.2) is 8.78 Å². The van der Waals surface area contributed by atoms with Gasteiger partial charge >= 0.3 is 0 Å². The predicted octanol–water partition coefficient (Wildman–Crippen LogP) is 7.85. The van der Waals surface area contributed by atoms with E-state index in [9.17, 15) is 4.39 Å². The lowest BCUT2D eigenvalue weighted by molar-refractivity contribution is 0.340. The van der Waals surface area contributed by atoms with E-state index in [0.717, 1.165) is 16.9 Å². The maximum Gasteiger partial charge on any atom is 0.165 e. The van der Waals surface area contributed by atoms with Gasteiger partial charge in [-0.2, -0.15) is 0 Å². The van der Waals surface area contributed by atoms with Gasteiger partial charge in [-0.3, -0.25) is 0 Å². The van der Waals surface area contributed by atoms with Gasteiger partial charge in [-0.1, -0.05) is 50.2 Å². The van der Waals surface area contributed by atoms with Crippen molar-refractivity contribution in [2.75, 3.05) is 6.61 Å². The van der Waals surface area contributed by atoms with E-state index in [4.69, 9.17) is 9.47 Å². The lowest BCUT2D eigenvalue weighted by atomic mass is 9.86. The SMILES string of the molecule is CCOc1ccc(C(C(F)=CCc2ccc(F)c(Oc3ccccc3)c2)C(C)C)cc1. The second kappa shape index (κ2) is 10.8. The fourth-order valence-corrected chi connectivity index (χ4v) is 3.51. The molecular formula is C27H28F2O2. The third-order valence-electron chi connectivity index (χ3n) is 5.01. The number of rotatable bonds is 9. The van der Waals surface area contributed by atoms with Crippen LogP contribution >= 0.6 is 0 Å². The summed E-state index contributed by atoms with van der Waals surface area (Å²) >= 11 is 0. The summed E-state index contributed by atoms with van der Waals surface area (Å²) < 4.78 is 40.5. The first-order valence-corrected chi connectivity index (χ1v) is 10.6. The molecule has 0 saturated carbocycles. The van der Waals surface area contributed by atoms with E-state index in [0.29, 0.717) is 18.8 Å². The molecule has 0 aromatic heterocycles. The average Bonchev–Trinajstić information content (AvgIpc) is 2.76. The lowest BCUT2D eigenvalue weighted by Gasteiger charge is -2.20. The first kappa shape index (κ1) is 22.5. The topological polar surface area (TPSA) is 18.5 Å². The van der Waals surface area contributed by atoms with Crippen LogP contribution in [0.3, 0.4) is 0 Å². The molecule has 2 nitrogen and oxygen atoms in total. The molecule has 0 bridgehead atoms. The van der Waals surface area contributed by atoms with Gasteiger partial charge < -0.3 is 9.47 Å². The zero-order chi connectivity index (χ0) is 22.2. The molecule has 0 heterocycles. The van der Waals surface area contributed by atoms with Crippen molar-refractivity contribution in [1.82, 2.24) is 0 Å². The number of hydrogen-bond acceptors (Lipinski definition) is 2. The smallest absolute Gasteiger partial charge is 0.165 e. The lowest BCUT2D eigenvalue weighted by Crippen LogP contribution is -2.08. The van der Waals surface area contributed by atoms with Gasteiger partial charge in [0.15, 0.2) is 11.6 Å². The summed E-state index contributed by atoms with van der Waals surface area (Å²) in [5, 5.41) is 0. The van der Waals surface area contributed by atoms with Gasteiger partial charge in [-0.05, 0) is 72.9 Å². The van der Waals surface area contributed by atoms with Gasteiger partial charge in [-0.15, -0.1) is 0 Å². The van der Waals surface area contributed by atoms with Crippen LogP contribution in [0.25, 0.3) is 0 Å². The maximum atomic E-state index is 15.2. The highest BCUT2D eigenvalue weighted by atomic mass is 19.1. The van der Waals surface area contributed by atoms with Crippen molar-refractivity contribution < 1.29 is 18.3 Å². The van der Waals surface area contributed by atoms with Gasteiger partial charge in [0.05, 0.1) is 6.61 Å². The molecule has 162 valence electrons. The molecule has 1 unspecified atom stereocenters.